The SMILES string of the molecule is CCCCC/C=C\C/C=C\C/C=C\C/C=C\CCCC(=O)OC[C@H](COP(=O)(O)OCCN)OC(=O)CCCCC(=O)C[C@@H]1[C@@H](/C=C/[C@@H](O)CCCCC)[C@H](O)C[C@@H]1O. The fourth-order valence-electron chi connectivity index (χ4n) is 6.50. The number of aliphatic hydroxyl groups excluding tert-OH is 3. The second-order valence-corrected chi connectivity index (χ2v) is 16.6. The maximum absolute atomic E-state index is 12.8. The molecule has 13 nitrogen and oxygen atoms in total. The fraction of sp³-hybridized carbons (Fsp3) is 0.711. The van der Waals surface area contributed by atoms with Crippen LogP contribution in [0, 0.1) is 11.8 Å². The first-order valence-corrected chi connectivity index (χ1v) is 23.4. The highest BCUT2D eigenvalue weighted by Crippen LogP contribution is 2.43. The van der Waals surface area contributed by atoms with E-state index in [4.69, 9.17) is 24.3 Å². The molecular formula is C45H76NO12P. The van der Waals surface area contributed by atoms with Gasteiger partial charge in [-0.3, -0.25) is 23.4 Å². The number of nitrogens with two attached hydrogens (primary N) is 1. The summed E-state index contributed by atoms with van der Waals surface area (Å²) >= 11 is 0. The average molecular weight is 854 g/mol. The molecule has 0 aromatic carbocycles. The predicted molar refractivity (Wildman–Crippen MR) is 231 cm³/mol. The van der Waals surface area contributed by atoms with Crippen LogP contribution in [0.15, 0.2) is 60.8 Å². The molecule has 1 fully saturated rings. The number of hydrogen-bond donors (Lipinski definition) is 5. The number of Topliss-reactive ketones (excluding diaryl/α,β-unsaturated/α-hetero) is 1. The minimum Gasteiger partial charge on any atom is -0.462 e. The zero-order chi connectivity index (χ0) is 43.6. The summed E-state index contributed by atoms with van der Waals surface area (Å²) in [5, 5.41) is 31.3. The zero-order valence-corrected chi connectivity index (χ0v) is 36.7. The molecule has 1 rings (SSSR count). The van der Waals surface area contributed by atoms with E-state index in [1.54, 1.807) is 12.2 Å². The average Bonchev–Trinajstić information content (AvgIpc) is 3.47. The van der Waals surface area contributed by atoms with E-state index in [0.29, 0.717) is 32.1 Å². The Kier molecular flexibility index (Phi) is 32.1. The summed E-state index contributed by atoms with van der Waals surface area (Å²) in [5.74, 6) is -2.22. The van der Waals surface area contributed by atoms with Gasteiger partial charge in [-0.25, -0.2) is 4.57 Å². The molecule has 0 spiro atoms. The number of hydrogen-bond acceptors (Lipinski definition) is 12. The molecule has 0 aromatic heterocycles. The molecule has 1 saturated carbocycles. The van der Waals surface area contributed by atoms with E-state index in [9.17, 15) is 39.2 Å². The molecule has 6 N–H and O–H groups in total. The number of allylic oxidation sites excluding steroid dienone is 8. The first-order valence-electron chi connectivity index (χ1n) is 21.9. The van der Waals surface area contributed by atoms with Gasteiger partial charge in [-0.15, -0.1) is 0 Å². The van der Waals surface area contributed by atoms with Crippen LogP contribution in [0.5, 0.6) is 0 Å². The Balaban J connectivity index is 2.48. The Morgan fingerprint density at radius 1 is 0.746 bits per heavy atom. The summed E-state index contributed by atoms with van der Waals surface area (Å²) < 4.78 is 32.6. The van der Waals surface area contributed by atoms with Crippen molar-refractivity contribution in [3.63, 3.8) is 0 Å². The molecule has 1 unspecified atom stereocenters. The normalized spacial score (nSPS) is 20.7. The van der Waals surface area contributed by atoms with Gasteiger partial charge in [0.25, 0.3) is 0 Å². The van der Waals surface area contributed by atoms with Gasteiger partial charge in [-0.2, -0.15) is 0 Å². The molecule has 0 aliphatic heterocycles. The van der Waals surface area contributed by atoms with Gasteiger partial charge in [-0.05, 0) is 64.2 Å². The lowest BCUT2D eigenvalue weighted by Crippen LogP contribution is -2.29. The van der Waals surface area contributed by atoms with E-state index in [2.05, 4.69) is 50.3 Å². The van der Waals surface area contributed by atoms with Crippen molar-refractivity contribution in [2.24, 2.45) is 17.6 Å². The summed E-state index contributed by atoms with van der Waals surface area (Å²) in [7, 11) is -4.50. The Morgan fingerprint density at radius 3 is 1.98 bits per heavy atom. The summed E-state index contributed by atoms with van der Waals surface area (Å²) in [6.07, 6.45) is 30.3. The summed E-state index contributed by atoms with van der Waals surface area (Å²) in [5.41, 5.74) is 5.33. The van der Waals surface area contributed by atoms with Crippen molar-refractivity contribution in [2.75, 3.05) is 26.4 Å². The summed E-state index contributed by atoms with van der Waals surface area (Å²) in [6.45, 7) is 3.08. The van der Waals surface area contributed by atoms with Crippen molar-refractivity contribution in [1.82, 2.24) is 0 Å². The number of carbonyl (C=O) groups is 3. The molecule has 0 saturated heterocycles. The van der Waals surface area contributed by atoms with E-state index in [1.807, 2.05) is 12.2 Å². The van der Waals surface area contributed by atoms with Crippen LogP contribution in [0.25, 0.3) is 0 Å². The monoisotopic (exact) mass is 854 g/mol. The molecule has 14 heteroatoms. The van der Waals surface area contributed by atoms with Crippen molar-refractivity contribution in [2.45, 2.75) is 167 Å². The summed E-state index contributed by atoms with van der Waals surface area (Å²) in [6, 6.07) is 0. The number of carbonyl (C=O) groups excluding carboxylic acids is 3. The smallest absolute Gasteiger partial charge is 0.462 e. The highest BCUT2D eigenvalue weighted by Gasteiger charge is 2.41. The largest absolute Gasteiger partial charge is 0.472 e. The van der Waals surface area contributed by atoms with Crippen LogP contribution in [0.3, 0.4) is 0 Å². The van der Waals surface area contributed by atoms with Gasteiger partial charge in [-0.1, -0.05) is 107 Å². The maximum Gasteiger partial charge on any atom is 0.472 e. The minimum absolute atomic E-state index is 0.0162. The predicted octanol–water partition coefficient (Wildman–Crippen LogP) is 8.05. The van der Waals surface area contributed by atoms with Gasteiger partial charge in [0.15, 0.2) is 6.10 Å². The van der Waals surface area contributed by atoms with E-state index in [-0.39, 0.29) is 51.0 Å². The second-order valence-electron chi connectivity index (χ2n) is 15.2. The third kappa shape index (κ3) is 29.2. The Morgan fingerprint density at radius 2 is 1.34 bits per heavy atom. The number of rotatable bonds is 36. The van der Waals surface area contributed by atoms with Gasteiger partial charge in [0.05, 0.1) is 31.5 Å². The van der Waals surface area contributed by atoms with Crippen molar-refractivity contribution in [1.29, 1.82) is 0 Å². The molecule has 1 aliphatic rings. The Bertz CT molecular complexity index is 1330. The highest BCUT2D eigenvalue weighted by molar-refractivity contribution is 7.47. The third-order valence-electron chi connectivity index (χ3n) is 9.86. The van der Waals surface area contributed by atoms with Gasteiger partial charge in [0, 0.05) is 50.5 Å². The number of phosphoric ester groups is 1. The van der Waals surface area contributed by atoms with E-state index >= 15 is 0 Å². The Labute approximate surface area is 353 Å². The topological polar surface area (TPSA) is 212 Å². The lowest BCUT2D eigenvalue weighted by atomic mass is 9.87. The standard InChI is InChI=1S/C45H76NO12P/c1-3-5-7-8-9-10-11-12-13-14-15-16-17-18-19-20-22-27-44(51)55-35-39(36-57-59(53,54)56-32-31-46)58-45(52)28-24-23-26-38(48)33-41-40(42(49)34-43(41)50)30-29-37(47)25-21-6-4-2/h9-10,12-13,15-16,18-19,29-30,37,39-43,47,49-50H,3-8,11,14,17,20-28,31-36,46H2,1-2H3,(H,53,54)/b10-9-,13-12-,16-15-,19-18-,30-29+/t37-,39+,40+,41+,42+,43-/m0/s1. The van der Waals surface area contributed by atoms with Crippen LogP contribution in [0.4, 0.5) is 0 Å². The van der Waals surface area contributed by atoms with Crippen LogP contribution in [0.2, 0.25) is 0 Å². The number of phosphoric acid groups is 1. The van der Waals surface area contributed by atoms with Crippen molar-refractivity contribution >= 4 is 25.5 Å². The van der Waals surface area contributed by atoms with Crippen LogP contribution in [-0.2, 0) is 37.5 Å². The zero-order valence-electron chi connectivity index (χ0n) is 35.8. The molecule has 59 heavy (non-hydrogen) atoms. The van der Waals surface area contributed by atoms with Gasteiger partial charge in [0.2, 0.25) is 0 Å². The molecule has 7 atom stereocenters. The highest BCUT2D eigenvalue weighted by atomic mass is 31.2. The molecule has 1 aliphatic carbocycles. The molecule has 0 aromatic rings. The van der Waals surface area contributed by atoms with Crippen LogP contribution >= 0.6 is 7.82 Å². The molecular weight excluding hydrogens is 777 g/mol. The first-order chi connectivity index (χ1) is 28.4. The van der Waals surface area contributed by atoms with Crippen molar-refractivity contribution in [3.8, 4) is 0 Å². The molecule has 0 amide bonds. The minimum atomic E-state index is -4.50. The van der Waals surface area contributed by atoms with Gasteiger partial charge < -0.3 is 35.4 Å². The molecule has 338 valence electrons. The molecule has 0 heterocycles. The number of esters is 2. The lowest BCUT2D eigenvalue weighted by Gasteiger charge is -2.20. The van der Waals surface area contributed by atoms with E-state index in [1.165, 1.54) is 19.3 Å². The number of ketones is 1. The van der Waals surface area contributed by atoms with Crippen LogP contribution in [-0.4, -0.2) is 88.7 Å². The van der Waals surface area contributed by atoms with Gasteiger partial charge >= 0.3 is 19.8 Å². The van der Waals surface area contributed by atoms with E-state index in [0.717, 1.165) is 44.9 Å². The van der Waals surface area contributed by atoms with Gasteiger partial charge in [0.1, 0.15) is 12.4 Å². The maximum atomic E-state index is 12.8. The van der Waals surface area contributed by atoms with Crippen LogP contribution in [0.1, 0.15) is 142 Å². The summed E-state index contributed by atoms with van der Waals surface area (Å²) in [4.78, 5) is 47.9. The molecule has 0 radical (unpaired) electrons. The van der Waals surface area contributed by atoms with E-state index < -0.39 is 69.2 Å². The second kappa shape index (κ2) is 34.9. The molecule has 0 bridgehead atoms. The first kappa shape index (κ1) is 54.3. The number of unbranched alkanes of at least 4 members (excludes halogenated alkanes) is 7. The fourth-order valence-corrected chi connectivity index (χ4v) is 7.27. The quantitative estimate of drug-likeness (QED) is 0.0175. The van der Waals surface area contributed by atoms with Crippen LogP contribution < -0.4 is 5.73 Å². The number of ether oxygens (including phenoxy) is 2. The Hall–Kier alpha value is -2.74. The van der Waals surface area contributed by atoms with Crippen molar-refractivity contribution < 1.29 is 57.7 Å². The lowest BCUT2D eigenvalue weighted by molar-refractivity contribution is -0.161. The van der Waals surface area contributed by atoms with Crippen molar-refractivity contribution in [3.05, 3.63) is 60.8 Å². The third-order valence-corrected chi connectivity index (χ3v) is 10.8. The number of aliphatic hydroxyl groups is 3.